The van der Waals surface area contributed by atoms with Gasteiger partial charge in [0.15, 0.2) is 0 Å². The molecule has 1 unspecified atom stereocenters. The summed E-state index contributed by atoms with van der Waals surface area (Å²) in [7, 11) is 0. The third-order valence-corrected chi connectivity index (χ3v) is 3.66. The lowest BCUT2D eigenvalue weighted by Crippen LogP contribution is -2.24. The van der Waals surface area contributed by atoms with Crippen LogP contribution in [-0.2, 0) is 6.54 Å². The molecule has 0 bridgehead atoms. The molecule has 2 rings (SSSR count). The number of nitrogens with zero attached hydrogens (tertiary/aromatic N) is 3. The topological polar surface area (TPSA) is 42.7 Å². The van der Waals surface area contributed by atoms with Crippen LogP contribution in [0.3, 0.4) is 0 Å². The molecule has 114 valence electrons. The SMILES string of the molecule is CCCNC(c1cnn(CCC)c1)c1ncc(Cl)cc1Cl. The first-order valence-corrected chi connectivity index (χ1v) is 7.98. The van der Waals surface area contributed by atoms with E-state index >= 15 is 0 Å². The van der Waals surface area contributed by atoms with Crippen molar-refractivity contribution in [1.82, 2.24) is 20.1 Å². The van der Waals surface area contributed by atoms with Gasteiger partial charge in [0, 0.05) is 24.5 Å². The Morgan fingerprint density at radius 3 is 2.71 bits per heavy atom. The number of pyridine rings is 1. The number of hydrogen-bond donors (Lipinski definition) is 1. The second-order valence-electron chi connectivity index (χ2n) is 4.94. The molecule has 0 saturated carbocycles. The van der Waals surface area contributed by atoms with E-state index in [0.717, 1.165) is 37.2 Å². The fourth-order valence-electron chi connectivity index (χ4n) is 2.18. The third-order valence-electron chi connectivity index (χ3n) is 3.15. The molecule has 21 heavy (non-hydrogen) atoms. The first-order chi connectivity index (χ1) is 10.2. The van der Waals surface area contributed by atoms with E-state index in [-0.39, 0.29) is 6.04 Å². The van der Waals surface area contributed by atoms with Gasteiger partial charge in [-0.3, -0.25) is 9.67 Å². The molecule has 1 N–H and O–H groups in total. The molecule has 6 heteroatoms. The van der Waals surface area contributed by atoms with Crippen LogP contribution in [0.5, 0.6) is 0 Å². The standard InChI is InChI=1S/C15H20Cl2N4/c1-3-5-18-14(11-8-20-21(10-11)6-4-2)15-13(17)7-12(16)9-19-15/h7-10,14,18H,3-6H2,1-2H3. The summed E-state index contributed by atoms with van der Waals surface area (Å²) in [6.45, 7) is 6.04. The fourth-order valence-corrected chi connectivity index (χ4v) is 2.67. The highest BCUT2D eigenvalue weighted by Crippen LogP contribution is 2.28. The van der Waals surface area contributed by atoms with Gasteiger partial charge >= 0.3 is 0 Å². The largest absolute Gasteiger partial charge is 0.305 e. The highest BCUT2D eigenvalue weighted by Gasteiger charge is 2.19. The van der Waals surface area contributed by atoms with Crippen LogP contribution in [0.1, 0.15) is 44.0 Å². The van der Waals surface area contributed by atoms with Crippen molar-refractivity contribution in [2.24, 2.45) is 0 Å². The summed E-state index contributed by atoms with van der Waals surface area (Å²) in [4.78, 5) is 4.40. The zero-order valence-corrected chi connectivity index (χ0v) is 13.8. The maximum absolute atomic E-state index is 6.31. The van der Waals surface area contributed by atoms with Gasteiger partial charge in [0.25, 0.3) is 0 Å². The molecule has 1 atom stereocenters. The van der Waals surface area contributed by atoms with Gasteiger partial charge in [-0.15, -0.1) is 0 Å². The molecule has 0 aromatic carbocycles. The Morgan fingerprint density at radius 2 is 2.05 bits per heavy atom. The minimum Gasteiger partial charge on any atom is -0.305 e. The molecular weight excluding hydrogens is 307 g/mol. The Labute approximate surface area is 135 Å². The maximum atomic E-state index is 6.31. The molecule has 4 nitrogen and oxygen atoms in total. The predicted octanol–water partition coefficient (Wildman–Crippen LogP) is 4.08. The van der Waals surface area contributed by atoms with Gasteiger partial charge in [-0.2, -0.15) is 5.10 Å². The average molecular weight is 327 g/mol. The van der Waals surface area contributed by atoms with Crippen LogP contribution >= 0.6 is 23.2 Å². The van der Waals surface area contributed by atoms with Crippen molar-refractivity contribution >= 4 is 23.2 Å². The van der Waals surface area contributed by atoms with E-state index in [9.17, 15) is 0 Å². The number of hydrogen-bond acceptors (Lipinski definition) is 3. The van der Waals surface area contributed by atoms with Crippen LogP contribution in [0.25, 0.3) is 0 Å². The summed E-state index contributed by atoms with van der Waals surface area (Å²) in [5.74, 6) is 0. The summed E-state index contributed by atoms with van der Waals surface area (Å²) in [6.07, 6.45) is 7.62. The molecular formula is C15H20Cl2N4. The van der Waals surface area contributed by atoms with E-state index in [1.807, 2.05) is 17.1 Å². The Kier molecular flexibility index (Phi) is 6.03. The fraction of sp³-hybridized carbons (Fsp3) is 0.467. The first kappa shape index (κ1) is 16.3. The summed E-state index contributed by atoms with van der Waals surface area (Å²) in [5, 5.41) is 8.97. The third kappa shape index (κ3) is 4.19. The maximum Gasteiger partial charge on any atom is 0.0806 e. The highest BCUT2D eigenvalue weighted by molar-refractivity contribution is 6.34. The molecule has 0 amide bonds. The summed E-state index contributed by atoms with van der Waals surface area (Å²) in [5.41, 5.74) is 1.85. The van der Waals surface area contributed by atoms with Gasteiger partial charge in [0.1, 0.15) is 0 Å². The molecule has 0 radical (unpaired) electrons. The van der Waals surface area contributed by atoms with Crippen LogP contribution < -0.4 is 5.32 Å². The molecule has 2 heterocycles. The average Bonchev–Trinajstić information content (AvgIpc) is 2.90. The normalized spacial score (nSPS) is 12.6. The summed E-state index contributed by atoms with van der Waals surface area (Å²) in [6, 6.07) is 1.66. The van der Waals surface area contributed by atoms with Gasteiger partial charge in [0.05, 0.1) is 28.0 Å². The van der Waals surface area contributed by atoms with E-state index in [1.165, 1.54) is 0 Å². The monoisotopic (exact) mass is 326 g/mol. The van der Waals surface area contributed by atoms with Crippen molar-refractivity contribution < 1.29 is 0 Å². The van der Waals surface area contributed by atoms with E-state index in [2.05, 4.69) is 29.2 Å². The lowest BCUT2D eigenvalue weighted by Gasteiger charge is -2.18. The van der Waals surface area contributed by atoms with Crippen molar-refractivity contribution in [3.05, 3.63) is 46.0 Å². The van der Waals surface area contributed by atoms with Crippen LogP contribution in [0.4, 0.5) is 0 Å². The summed E-state index contributed by atoms with van der Waals surface area (Å²) >= 11 is 12.2. The number of rotatable bonds is 7. The van der Waals surface area contributed by atoms with Crippen LogP contribution in [0.15, 0.2) is 24.7 Å². The van der Waals surface area contributed by atoms with Gasteiger partial charge in [-0.25, -0.2) is 0 Å². The van der Waals surface area contributed by atoms with Gasteiger partial charge < -0.3 is 5.32 Å². The van der Waals surface area contributed by atoms with Gasteiger partial charge in [-0.1, -0.05) is 37.0 Å². The molecule has 0 fully saturated rings. The lowest BCUT2D eigenvalue weighted by molar-refractivity contribution is 0.580. The Morgan fingerprint density at radius 1 is 1.24 bits per heavy atom. The van der Waals surface area contributed by atoms with E-state index in [0.29, 0.717) is 10.0 Å². The zero-order chi connectivity index (χ0) is 15.2. The number of aromatic nitrogens is 3. The van der Waals surface area contributed by atoms with Crippen molar-refractivity contribution in [1.29, 1.82) is 0 Å². The summed E-state index contributed by atoms with van der Waals surface area (Å²) < 4.78 is 1.94. The van der Waals surface area contributed by atoms with Crippen LogP contribution in [0.2, 0.25) is 10.0 Å². The molecule has 0 aliphatic rings. The lowest BCUT2D eigenvalue weighted by atomic mass is 10.1. The van der Waals surface area contributed by atoms with Gasteiger partial charge in [-0.05, 0) is 25.5 Å². The molecule has 2 aromatic rings. The first-order valence-electron chi connectivity index (χ1n) is 7.22. The molecule has 0 spiro atoms. The minimum absolute atomic E-state index is 0.0691. The minimum atomic E-state index is -0.0691. The second kappa shape index (κ2) is 7.78. The smallest absolute Gasteiger partial charge is 0.0806 e. The predicted molar refractivity (Wildman–Crippen MR) is 86.9 cm³/mol. The molecule has 0 aliphatic heterocycles. The molecule has 2 aromatic heterocycles. The van der Waals surface area contributed by atoms with Crippen molar-refractivity contribution in [2.75, 3.05) is 6.54 Å². The van der Waals surface area contributed by atoms with Crippen LogP contribution in [-0.4, -0.2) is 21.3 Å². The Hall–Kier alpha value is -1.10. The van der Waals surface area contributed by atoms with E-state index < -0.39 is 0 Å². The van der Waals surface area contributed by atoms with Crippen molar-refractivity contribution in [3.63, 3.8) is 0 Å². The highest BCUT2D eigenvalue weighted by atomic mass is 35.5. The quantitative estimate of drug-likeness (QED) is 0.833. The molecule has 0 aliphatic carbocycles. The zero-order valence-electron chi connectivity index (χ0n) is 12.3. The second-order valence-corrected chi connectivity index (χ2v) is 5.79. The Balaban J connectivity index is 2.32. The number of aryl methyl sites for hydroxylation is 1. The Bertz CT molecular complexity index is 583. The number of nitrogens with one attached hydrogen (secondary N) is 1. The van der Waals surface area contributed by atoms with Crippen LogP contribution in [0, 0.1) is 0 Å². The van der Waals surface area contributed by atoms with Crippen molar-refractivity contribution in [2.45, 2.75) is 39.3 Å². The van der Waals surface area contributed by atoms with E-state index in [1.54, 1.807) is 12.3 Å². The van der Waals surface area contributed by atoms with E-state index in [4.69, 9.17) is 23.2 Å². The van der Waals surface area contributed by atoms with Gasteiger partial charge in [0.2, 0.25) is 0 Å². The number of halogens is 2. The molecule has 0 saturated heterocycles. The van der Waals surface area contributed by atoms with Crippen molar-refractivity contribution in [3.8, 4) is 0 Å².